The van der Waals surface area contributed by atoms with Crippen molar-refractivity contribution in [2.75, 3.05) is 18.0 Å². The molecule has 0 bridgehead atoms. The first-order valence-electron chi connectivity index (χ1n) is 5.46. The molecule has 0 radical (unpaired) electrons. The molecule has 17 heavy (non-hydrogen) atoms. The number of nitrogens with zero attached hydrogens (tertiary/aromatic N) is 1. The summed E-state index contributed by atoms with van der Waals surface area (Å²) in [4.78, 5) is 13.4. The van der Waals surface area contributed by atoms with Gasteiger partial charge < -0.3 is 10.0 Å². The quantitative estimate of drug-likeness (QED) is 0.815. The number of anilines is 1. The summed E-state index contributed by atoms with van der Waals surface area (Å²) in [6, 6.07) is 5.64. The fourth-order valence-electron chi connectivity index (χ4n) is 2.09. The number of carboxylic acid groups (broad SMARTS) is 1. The van der Waals surface area contributed by atoms with Gasteiger partial charge in [-0.3, -0.25) is 0 Å². The number of carbonyl (C=O) groups is 1. The monoisotopic (exact) mass is 367 g/mol. The van der Waals surface area contributed by atoms with Crippen molar-refractivity contribution >= 4 is 46.7 Å². The predicted octanol–water partition coefficient (Wildman–Crippen LogP) is 3.40. The molecule has 1 aliphatic rings. The third kappa shape index (κ3) is 3.48. The van der Waals surface area contributed by atoms with E-state index < -0.39 is 5.97 Å². The summed E-state index contributed by atoms with van der Waals surface area (Å²) in [6.07, 6.45) is 3.57. The largest absolute Gasteiger partial charge is 0.478 e. The average molecular weight is 368 g/mol. The maximum absolute atomic E-state index is 11.2. The molecular formula is C12H15ClINO2. The van der Waals surface area contributed by atoms with Gasteiger partial charge in [0, 0.05) is 16.7 Å². The van der Waals surface area contributed by atoms with E-state index >= 15 is 0 Å². The topological polar surface area (TPSA) is 40.5 Å². The van der Waals surface area contributed by atoms with Crippen LogP contribution in [0.15, 0.2) is 18.2 Å². The van der Waals surface area contributed by atoms with Gasteiger partial charge in [0.05, 0.1) is 11.3 Å². The third-order valence-electron chi connectivity index (χ3n) is 2.89. The van der Waals surface area contributed by atoms with Gasteiger partial charge in [0.15, 0.2) is 0 Å². The van der Waals surface area contributed by atoms with E-state index in [1.165, 1.54) is 6.42 Å². The minimum Gasteiger partial charge on any atom is -0.478 e. The van der Waals surface area contributed by atoms with Gasteiger partial charge in [-0.25, -0.2) is 4.79 Å². The van der Waals surface area contributed by atoms with Crippen molar-refractivity contribution < 1.29 is 9.90 Å². The van der Waals surface area contributed by atoms with Crippen LogP contribution in [-0.4, -0.2) is 24.2 Å². The number of aromatic carboxylic acids is 1. The smallest absolute Gasteiger partial charge is 0.337 e. The Hall–Kier alpha value is -0.490. The molecule has 5 heteroatoms. The van der Waals surface area contributed by atoms with E-state index in [4.69, 9.17) is 0 Å². The maximum Gasteiger partial charge on any atom is 0.337 e. The number of rotatable bonds is 2. The zero-order valence-corrected chi connectivity index (χ0v) is 12.3. The highest BCUT2D eigenvalue weighted by molar-refractivity contribution is 14.1. The second-order valence-corrected chi connectivity index (χ2v) is 5.26. The Bertz CT molecular complexity index is 405. The van der Waals surface area contributed by atoms with Crippen molar-refractivity contribution in [1.82, 2.24) is 0 Å². The molecule has 0 atom stereocenters. The lowest BCUT2D eigenvalue weighted by atomic mass is 10.1. The lowest BCUT2D eigenvalue weighted by Crippen LogP contribution is -2.30. The normalized spacial score (nSPS) is 15.2. The van der Waals surface area contributed by atoms with Crippen LogP contribution in [0.3, 0.4) is 0 Å². The highest BCUT2D eigenvalue weighted by atomic mass is 127. The Morgan fingerprint density at radius 2 is 1.88 bits per heavy atom. The SMILES string of the molecule is Cl.O=C(O)c1cc(I)ccc1N1CCCCC1. The highest BCUT2D eigenvalue weighted by Crippen LogP contribution is 2.25. The lowest BCUT2D eigenvalue weighted by molar-refractivity contribution is 0.0697. The summed E-state index contributed by atoms with van der Waals surface area (Å²) < 4.78 is 0.968. The van der Waals surface area contributed by atoms with Crippen LogP contribution in [-0.2, 0) is 0 Å². The number of hydrogen-bond acceptors (Lipinski definition) is 2. The summed E-state index contributed by atoms with van der Waals surface area (Å²) in [6.45, 7) is 1.95. The van der Waals surface area contributed by atoms with Gasteiger partial charge in [0.2, 0.25) is 0 Å². The summed E-state index contributed by atoms with van der Waals surface area (Å²) in [5.74, 6) is -0.834. The van der Waals surface area contributed by atoms with E-state index in [9.17, 15) is 9.90 Å². The number of halogens is 2. The molecule has 1 aromatic carbocycles. The minimum atomic E-state index is -0.834. The molecule has 1 fully saturated rings. The molecule has 0 amide bonds. The van der Waals surface area contributed by atoms with E-state index in [-0.39, 0.29) is 12.4 Å². The zero-order valence-electron chi connectivity index (χ0n) is 9.36. The fraction of sp³-hybridized carbons (Fsp3) is 0.417. The molecule has 0 aliphatic carbocycles. The highest BCUT2D eigenvalue weighted by Gasteiger charge is 2.18. The Morgan fingerprint density at radius 3 is 2.47 bits per heavy atom. The second-order valence-electron chi connectivity index (χ2n) is 4.01. The first kappa shape index (κ1) is 14.6. The molecule has 1 heterocycles. The van der Waals surface area contributed by atoms with Gasteiger partial charge in [-0.2, -0.15) is 0 Å². The Kier molecular flexibility index (Phi) is 5.52. The van der Waals surface area contributed by atoms with Gasteiger partial charge in [0.25, 0.3) is 0 Å². The zero-order chi connectivity index (χ0) is 11.5. The van der Waals surface area contributed by atoms with Crippen molar-refractivity contribution in [3.63, 3.8) is 0 Å². The lowest BCUT2D eigenvalue weighted by Gasteiger charge is -2.29. The molecular weight excluding hydrogens is 352 g/mol. The Morgan fingerprint density at radius 1 is 1.24 bits per heavy atom. The number of carboxylic acids is 1. The van der Waals surface area contributed by atoms with Gasteiger partial charge in [-0.1, -0.05) is 0 Å². The summed E-state index contributed by atoms with van der Waals surface area (Å²) >= 11 is 2.14. The van der Waals surface area contributed by atoms with E-state index in [0.717, 1.165) is 35.2 Å². The van der Waals surface area contributed by atoms with Crippen LogP contribution in [0.4, 0.5) is 5.69 Å². The molecule has 0 unspecified atom stereocenters. The Labute approximate surface area is 121 Å². The van der Waals surface area contributed by atoms with Crippen LogP contribution in [0.2, 0.25) is 0 Å². The molecule has 1 aliphatic heterocycles. The van der Waals surface area contributed by atoms with Crippen LogP contribution < -0.4 is 4.90 Å². The van der Waals surface area contributed by atoms with E-state index in [1.807, 2.05) is 12.1 Å². The standard InChI is InChI=1S/C12H14INO2.ClH/c13-9-4-5-11(10(8-9)12(15)16)14-6-2-1-3-7-14;/h4-5,8H,1-3,6-7H2,(H,15,16);1H. The van der Waals surface area contributed by atoms with Crippen LogP contribution in [0.25, 0.3) is 0 Å². The Balaban J connectivity index is 0.00000144. The van der Waals surface area contributed by atoms with Gasteiger partial charge >= 0.3 is 5.97 Å². The molecule has 1 aromatic rings. The second kappa shape index (κ2) is 6.44. The van der Waals surface area contributed by atoms with Gasteiger partial charge in [-0.05, 0) is 60.1 Å². The molecule has 0 aromatic heterocycles. The van der Waals surface area contributed by atoms with Crippen LogP contribution in [0.5, 0.6) is 0 Å². The van der Waals surface area contributed by atoms with E-state index in [1.54, 1.807) is 6.07 Å². The molecule has 3 nitrogen and oxygen atoms in total. The fourth-order valence-corrected chi connectivity index (χ4v) is 2.58. The van der Waals surface area contributed by atoms with Crippen molar-refractivity contribution in [2.24, 2.45) is 0 Å². The summed E-state index contributed by atoms with van der Waals surface area (Å²) in [7, 11) is 0. The molecule has 1 N–H and O–H groups in total. The van der Waals surface area contributed by atoms with Crippen LogP contribution in [0, 0.1) is 3.57 Å². The molecule has 1 saturated heterocycles. The van der Waals surface area contributed by atoms with Crippen molar-refractivity contribution in [3.8, 4) is 0 Å². The number of hydrogen-bond donors (Lipinski definition) is 1. The maximum atomic E-state index is 11.2. The third-order valence-corrected chi connectivity index (χ3v) is 3.56. The predicted molar refractivity (Wildman–Crippen MR) is 79.4 cm³/mol. The van der Waals surface area contributed by atoms with Gasteiger partial charge in [0.1, 0.15) is 0 Å². The van der Waals surface area contributed by atoms with Crippen LogP contribution >= 0.6 is 35.0 Å². The summed E-state index contributed by atoms with van der Waals surface area (Å²) in [5, 5.41) is 9.19. The summed E-state index contributed by atoms with van der Waals surface area (Å²) in [5.41, 5.74) is 1.29. The molecule has 0 saturated carbocycles. The van der Waals surface area contributed by atoms with Gasteiger partial charge in [-0.15, -0.1) is 12.4 Å². The first-order valence-corrected chi connectivity index (χ1v) is 6.54. The first-order chi connectivity index (χ1) is 7.68. The van der Waals surface area contributed by atoms with Crippen molar-refractivity contribution in [1.29, 1.82) is 0 Å². The van der Waals surface area contributed by atoms with E-state index in [0.29, 0.717) is 5.56 Å². The van der Waals surface area contributed by atoms with E-state index in [2.05, 4.69) is 27.5 Å². The molecule has 94 valence electrons. The van der Waals surface area contributed by atoms with Crippen molar-refractivity contribution in [3.05, 3.63) is 27.3 Å². The number of benzene rings is 1. The molecule has 0 spiro atoms. The van der Waals surface area contributed by atoms with Crippen LogP contribution in [0.1, 0.15) is 29.6 Å². The average Bonchev–Trinajstić information content (AvgIpc) is 2.30. The van der Waals surface area contributed by atoms with Crippen molar-refractivity contribution in [2.45, 2.75) is 19.3 Å². The number of piperidine rings is 1. The molecule has 2 rings (SSSR count). The minimum absolute atomic E-state index is 0.